The van der Waals surface area contributed by atoms with Crippen LogP contribution in [0.2, 0.25) is 0 Å². The van der Waals surface area contributed by atoms with Crippen molar-refractivity contribution in [3.05, 3.63) is 93.5 Å². The predicted molar refractivity (Wildman–Crippen MR) is 116 cm³/mol. The van der Waals surface area contributed by atoms with Crippen molar-refractivity contribution < 1.29 is 29.1 Å². The summed E-state index contributed by atoms with van der Waals surface area (Å²) >= 11 is 0. The van der Waals surface area contributed by atoms with Gasteiger partial charge in [0.05, 0.1) is 23.6 Å². The van der Waals surface area contributed by atoms with Crippen LogP contribution in [-0.2, 0) is 16.9 Å². The Labute approximate surface area is 187 Å². The summed E-state index contributed by atoms with van der Waals surface area (Å²) in [5, 5.41) is 22.3. The third-order valence-electron chi connectivity index (χ3n) is 5.83. The number of nitrogens with zero attached hydrogens (tertiary/aromatic N) is 2. The molecule has 9 heteroatoms. The van der Waals surface area contributed by atoms with Gasteiger partial charge in [-0.1, -0.05) is 24.3 Å². The van der Waals surface area contributed by atoms with Gasteiger partial charge in [0.1, 0.15) is 0 Å². The van der Waals surface area contributed by atoms with Crippen molar-refractivity contribution in [1.29, 1.82) is 0 Å². The van der Waals surface area contributed by atoms with E-state index in [4.69, 9.17) is 9.47 Å². The fourth-order valence-electron chi connectivity index (χ4n) is 4.16. The average Bonchev–Trinajstić information content (AvgIpc) is 3.36. The SMILES string of the molecule is O=C(CC1(O)C(=O)N(Cc2ccc3c(c2)OCO3)c2ccccc21)c1ccc([N+](=O)[O-])cc1. The first-order valence-corrected chi connectivity index (χ1v) is 10.2. The standard InChI is InChI=1S/C24H18N2O7/c27-20(16-6-8-17(9-7-16)26(30)31)12-24(29)18-3-1-2-4-19(18)25(23(24)28)13-15-5-10-21-22(11-15)33-14-32-21/h1-11,29H,12-14H2. The number of fused-ring (bicyclic) bond motifs is 2. The summed E-state index contributed by atoms with van der Waals surface area (Å²) in [6.45, 7) is 0.301. The molecule has 3 aromatic carbocycles. The van der Waals surface area contributed by atoms with E-state index in [0.717, 1.165) is 5.56 Å². The Balaban J connectivity index is 1.43. The summed E-state index contributed by atoms with van der Waals surface area (Å²) in [6.07, 6.45) is -0.488. The van der Waals surface area contributed by atoms with Crippen LogP contribution in [0.5, 0.6) is 11.5 Å². The van der Waals surface area contributed by atoms with E-state index in [1.165, 1.54) is 29.2 Å². The molecule has 0 saturated carbocycles. The number of nitro benzene ring substituents is 1. The number of non-ortho nitro benzene ring substituents is 1. The van der Waals surface area contributed by atoms with Crippen molar-refractivity contribution >= 4 is 23.1 Å². The third-order valence-corrected chi connectivity index (χ3v) is 5.83. The van der Waals surface area contributed by atoms with Crippen molar-refractivity contribution in [1.82, 2.24) is 0 Å². The van der Waals surface area contributed by atoms with Crippen molar-refractivity contribution in [3.63, 3.8) is 0 Å². The molecule has 5 rings (SSSR count). The van der Waals surface area contributed by atoms with Crippen LogP contribution in [-0.4, -0.2) is 28.5 Å². The van der Waals surface area contributed by atoms with Crippen LogP contribution in [0, 0.1) is 10.1 Å². The summed E-state index contributed by atoms with van der Waals surface area (Å²) in [7, 11) is 0. The van der Waals surface area contributed by atoms with Gasteiger partial charge in [0.25, 0.3) is 11.6 Å². The fourth-order valence-corrected chi connectivity index (χ4v) is 4.16. The van der Waals surface area contributed by atoms with E-state index in [2.05, 4.69) is 0 Å². The van der Waals surface area contributed by atoms with E-state index < -0.39 is 28.6 Å². The molecule has 0 aromatic heterocycles. The van der Waals surface area contributed by atoms with Crippen LogP contribution in [0.25, 0.3) is 0 Å². The maximum Gasteiger partial charge on any atom is 0.269 e. The van der Waals surface area contributed by atoms with Crippen LogP contribution in [0.1, 0.15) is 27.9 Å². The molecule has 0 radical (unpaired) electrons. The molecule has 1 atom stereocenters. The number of rotatable bonds is 6. The van der Waals surface area contributed by atoms with E-state index in [1.54, 1.807) is 36.4 Å². The monoisotopic (exact) mass is 446 g/mol. The van der Waals surface area contributed by atoms with Gasteiger partial charge in [0.2, 0.25) is 6.79 Å². The Hall–Kier alpha value is -4.24. The Morgan fingerprint density at radius 3 is 2.55 bits per heavy atom. The van der Waals surface area contributed by atoms with Crippen LogP contribution in [0.3, 0.4) is 0 Å². The van der Waals surface area contributed by atoms with Gasteiger partial charge in [-0.05, 0) is 35.9 Å². The Bertz CT molecular complexity index is 1290. The summed E-state index contributed by atoms with van der Waals surface area (Å²) in [6, 6.07) is 17.2. The Morgan fingerprint density at radius 2 is 1.79 bits per heavy atom. The molecular formula is C24H18N2O7. The van der Waals surface area contributed by atoms with Gasteiger partial charge >= 0.3 is 0 Å². The van der Waals surface area contributed by atoms with Gasteiger partial charge in [0.15, 0.2) is 22.9 Å². The summed E-state index contributed by atoms with van der Waals surface area (Å²) < 4.78 is 10.7. The number of nitro groups is 1. The first-order valence-electron chi connectivity index (χ1n) is 10.2. The number of amides is 1. The molecule has 9 nitrogen and oxygen atoms in total. The summed E-state index contributed by atoms with van der Waals surface area (Å²) in [5.74, 6) is 0.0882. The highest BCUT2D eigenvalue weighted by atomic mass is 16.7. The normalized spacial score (nSPS) is 18.3. The molecule has 1 amide bonds. The third kappa shape index (κ3) is 3.48. The highest BCUT2D eigenvalue weighted by Crippen LogP contribution is 2.44. The smallest absolute Gasteiger partial charge is 0.269 e. The average molecular weight is 446 g/mol. The lowest BCUT2D eigenvalue weighted by Gasteiger charge is -2.23. The molecule has 0 fully saturated rings. The minimum atomic E-state index is -2.05. The quantitative estimate of drug-likeness (QED) is 0.350. The Kier molecular flexibility index (Phi) is 4.83. The number of ketones is 1. The maximum absolute atomic E-state index is 13.4. The van der Waals surface area contributed by atoms with Crippen LogP contribution >= 0.6 is 0 Å². The molecule has 0 spiro atoms. The van der Waals surface area contributed by atoms with E-state index in [0.29, 0.717) is 22.7 Å². The van der Waals surface area contributed by atoms with Crippen molar-refractivity contribution in [2.75, 3.05) is 11.7 Å². The fraction of sp³-hybridized carbons (Fsp3) is 0.167. The zero-order chi connectivity index (χ0) is 23.2. The van der Waals surface area contributed by atoms with Gasteiger partial charge in [-0.15, -0.1) is 0 Å². The lowest BCUT2D eigenvalue weighted by Crippen LogP contribution is -2.41. The minimum Gasteiger partial charge on any atom is -0.454 e. The molecule has 166 valence electrons. The molecule has 1 unspecified atom stereocenters. The molecule has 0 saturated heterocycles. The van der Waals surface area contributed by atoms with Crippen molar-refractivity contribution in [2.24, 2.45) is 0 Å². The van der Waals surface area contributed by atoms with Crippen molar-refractivity contribution in [2.45, 2.75) is 18.6 Å². The minimum absolute atomic E-state index is 0.134. The molecule has 2 heterocycles. The molecule has 1 N–H and O–H groups in total. The van der Waals surface area contributed by atoms with Crippen molar-refractivity contribution in [3.8, 4) is 11.5 Å². The van der Waals surface area contributed by atoms with E-state index in [-0.39, 0.29) is 24.6 Å². The number of carbonyl (C=O) groups is 2. The number of para-hydroxylation sites is 1. The van der Waals surface area contributed by atoms with Crippen LogP contribution in [0.4, 0.5) is 11.4 Å². The number of benzene rings is 3. The van der Waals surface area contributed by atoms with E-state index in [1.807, 2.05) is 6.07 Å². The molecule has 0 aliphatic carbocycles. The second-order valence-corrected chi connectivity index (χ2v) is 7.86. The van der Waals surface area contributed by atoms with Crippen LogP contribution in [0.15, 0.2) is 66.7 Å². The largest absolute Gasteiger partial charge is 0.454 e. The summed E-state index contributed by atoms with van der Waals surface area (Å²) in [4.78, 5) is 38.0. The number of hydrogen-bond donors (Lipinski definition) is 1. The predicted octanol–water partition coefficient (Wildman–Crippen LogP) is 3.33. The molecule has 2 aliphatic rings. The number of aliphatic hydroxyl groups is 1. The van der Waals surface area contributed by atoms with Gasteiger partial charge in [-0.25, -0.2) is 0 Å². The van der Waals surface area contributed by atoms with Gasteiger partial charge in [0, 0.05) is 23.3 Å². The van der Waals surface area contributed by atoms with Gasteiger partial charge < -0.3 is 19.5 Å². The number of hydrogen-bond acceptors (Lipinski definition) is 7. The number of anilines is 1. The van der Waals surface area contributed by atoms with E-state index in [9.17, 15) is 24.8 Å². The zero-order valence-corrected chi connectivity index (χ0v) is 17.3. The first-order chi connectivity index (χ1) is 15.9. The number of Topliss-reactive ketones (excluding diaryl/α,β-unsaturated/α-hetero) is 1. The molecule has 33 heavy (non-hydrogen) atoms. The van der Waals surface area contributed by atoms with Crippen LogP contribution < -0.4 is 14.4 Å². The molecule has 3 aromatic rings. The second-order valence-electron chi connectivity index (χ2n) is 7.86. The lowest BCUT2D eigenvalue weighted by atomic mass is 9.88. The first kappa shape index (κ1) is 20.7. The van der Waals surface area contributed by atoms with E-state index >= 15 is 0 Å². The summed E-state index contributed by atoms with van der Waals surface area (Å²) in [5.41, 5.74) is -0.402. The highest BCUT2D eigenvalue weighted by Gasteiger charge is 2.50. The highest BCUT2D eigenvalue weighted by molar-refractivity contribution is 6.10. The van der Waals surface area contributed by atoms with Gasteiger partial charge in [-0.3, -0.25) is 19.7 Å². The topological polar surface area (TPSA) is 119 Å². The second kappa shape index (κ2) is 7.72. The molecular weight excluding hydrogens is 428 g/mol. The lowest BCUT2D eigenvalue weighted by molar-refractivity contribution is -0.384. The molecule has 2 aliphatic heterocycles. The number of carbonyl (C=O) groups excluding carboxylic acids is 2. The number of ether oxygens (including phenoxy) is 2. The Morgan fingerprint density at radius 1 is 1.06 bits per heavy atom. The molecule has 0 bridgehead atoms. The zero-order valence-electron chi connectivity index (χ0n) is 17.3. The van der Waals surface area contributed by atoms with Gasteiger partial charge in [-0.2, -0.15) is 0 Å². The maximum atomic E-state index is 13.4.